The summed E-state index contributed by atoms with van der Waals surface area (Å²) in [7, 11) is 1.58. The minimum absolute atomic E-state index is 0.114. The number of hydrogen-bond acceptors (Lipinski definition) is 4. The molecule has 1 aromatic heterocycles. The Labute approximate surface area is 110 Å². The molecule has 1 aliphatic carbocycles. The zero-order chi connectivity index (χ0) is 14.0. The van der Waals surface area contributed by atoms with E-state index in [-0.39, 0.29) is 23.3 Å². The van der Waals surface area contributed by atoms with Gasteiger partial charge in [-0.1, -0.05) is 12.8 Å². The predicted molar refractivity (Wildman–Crippen MR) is 67.8 cm³/mol. The van der Waals surface area contributed by atoms with Crippen molar-refractivity contribution in [2.75, 3.05) is 0 Å². The highest BCUT2D eigenvalue weighted by Crippen LogP contribution is 2.20. The summed E-state index contributed by atoms with van der Waals surface area (Å²) in [6.07, 6.45) is 4.11. The van der Waals surface area contributed by atoms with Gasteiger partial charge in [-0.25, -0.2) is 0 Å². The quantitative estimate of drug-likeness (QED) is 0.629. The third-order valence-electron chi connectivity index (χ3n) is 3.48. The van der Waals surface area contributed by atoms with Crippen molar-refractivity contribution in [3.8, 4) is 0 Å². The zero-order valence-corrected chi connectivity index (χ0v) is 10.7. The third kappa shape index (κ3) is 2.93. The van der Waals surface area contributed by atoms with E-state index in [4.69, 9.17) is 0 Å². The number of aliphatic hydroxyl groups is 1. The maximum absolute atomic E-state index is 12.0. The van der Waals surface area contributed by atoms with Crippen LogP contribution >= 0.6 is 0 Å². The van der Waals surface area contributed by atoms with Crippen molar-refractivity contribution in [3.63, 3.8) is 0 Å². The van der Waals surface area contributed by atoms with Gasteiger partial charge in [0.25, 0.3) is 11.6 Å². The summed E-state index contributed by atoms with van der Waals surface area (Å²) in [5.74, 6) is -0.387. The fourth-order valence-corrected chi connectivity index (χ4v) is 2.39. The van der Waals surface area contributed by atoms with Crippen LogP contribution in [0.3, 0.4) is 0 Å². The number of rotatable bonds is 3. The van der Waals surface area contributed by atoms with Gasteiger partial charge in [0.05, 0.1) is 23.3 Å². The molecule has 1 fully saturated rings. The second-order valence-corrected chi connectivity index (χ2v) is 4.88. The minimum Gasteiger partial charge on any atom is -0.391 e. The molecule has 0 bridgehead atoms. The van der Waals surface area contributed by atoms with Gasteiger partial charge < -0.3 is 15.0 Å². The smallest absolute Gasteiger partial charge is 0.287 e. The summed E-state index contributed by atoms with van der Waals surface area (Å²) in [5, 5.41) is 23.2. The van der Waals surface area contributed by atoms with Gasteiger partial charge in [0.15, 0.2) is 0 Å². The Kier molecular flexibility index (Phi) is 3.84. The number of nitrogens with one attached hydrogen (secondary N) is 1. The number of hydrogen-bond donors (Lipinski definition) is 2. The highest BCUT2D eigenvalue weighted by Gasteiger charge is 2.26. The molecule has 0 spiro atoms. The Morgan fingerprint density at radius 2 is 2.21 bits per heavy atom. The standard InChI is InChI=1S/C12H17N3O4/c1-14-7-8(15(18)19)6-10(14)12(17)13-9-4-2-3-5-11(9)16/h6-7,9,11,16H,2-5H2,1H3,(H,13,17). The molecule has 1 amide bonds. The normalized spacial score (nSPS) is 23.1. The molecule has 19 heavy (non-hydrogen) atoms. The van der Waals surface area contributed by atoms with E-state index in [9.17, 15) is 20.0 Å². The topological polar surface area (TPSA) is 97.4 Å². The first kappa shape index (κ1) is 13.5. The van der Waals surface area contributed by atoms with Crippen LogP contribution in [0.1, 0.15) is 36.2 Å². The lowest BCUT2D eigenvalue weighted by Gasteiger charge is -2.28. The van der Waals surface area contributed by atoms with Crippen LogP contribution in [0.15, 0.2) is 12.3 Å². The molecular formula is C12H17N3O4. The summed E-state index contributed by atoms with van der Waals surface area (Å²) in [5.41, 5.74) is 0.112. The number of carbonyl (C=O) groups excluding carboxylic acids is 1. The van der Waals surface area contributed by atoms with E-state index in [1.807, 2.05) is 0 Å². The molecule has 1 aliphatic rings. The molecule has 0 radical (unpaired) electrons. The molecule has 1 saturated carbocycles. The molecule has 1 aromatic rings. The van der Waals surface area contributed by atoms with Crippen LogP contribution in [-0.2, 0) is 7.05 Å². The summed E-state index contributed by atoms with van der Waals surface area (Å²) < 4.78 is 1.42. The highest BCUT2D eigenvalue weighted by molar-refractivity contribution is 5.93. The van der Waals surface area contributed by atoms with Crippen LogP contribution < -0.4 is 5.32 Å². The maximum atomic E-state index is 12.0. The monoisotopic (exact) mass is 267 g/mol. The van der Waals surface area contributed by atoms with Gasteiger partial charge in [0.1, 0.15) is 5.69 Å². The average Bonchev–Trinajstić information content (AvgIpc) is 2.74. The first-order valence-corrected chi connectivity index (χ1v) is 6.28. The fourth-order valence-electron chi connectivity index (χ4n) is 2.39. The van der Waals surface area contributed by atoms with Crippen molar-refractivity contribution in [2.24, 2.45) is 7.05 Å². The van der Waals surface area contributed by atoms with E-state index in [0.29, 0.717) is 6.42 Å². The molecule has 2 rings (SSSR count). The number of nitrogens with zero attached hydrogens (tertiary/aromatic N) is 2. The lowest BCUT2D eigenvalue weighted by molar-refractivity contribution is -0.384. The van der Waals surface area contributed by atoms with Crippen LogP contribution in [-0.4, -0.2) is 32.6 Å². The van der Waals surface area contributed by atoms with E-state index >= 15 is 0 Å². The SMILES string of the molecule is Cn1cc([N+](=O)[O-])cc1C(=O)NC1CCCCC1O. The van der Waals surface area contributed by atoms with E-state index in [1.54, 1.807) is 7.05 Å². The molecule has 2 N–H and O–H groups in total. The largest absolute Gasteiger partial charge is 0.391 e. The van der Waals surface area contributed by atoms with E-state index in [1.165, 1.54) is 16.8 Å². The fraction of sp³-hybridized carbons (Fsp3) is 0.583. The predicted octanol–water partition coefficient (Wildman–Crippen LogP) is 0.967. The lowest BCUT2D eigenvalue weighted by Crippen LogP contribution is -2.45. The van der Waals surface area contributed by atoms with Crippen LogP contribution in [0.5, 0.6) is 0 Å². The van der Waals surface area contributed by atoms with Crippen LogP contribution in [0.25, 0.3) is 0 Å². The molecule has 0 aliphatic heterocycles. The van der Waals surface area contributed by atoms with Crippen LogP contribution in [0.4, 0.5) is 5.69 Å². The summed E-state index contributed by atoms with van der Waals surface area (Å²) in [6, 6.07) is 0.972. The third-order valence-corrected chi connectivity index (χ3v) is 3.48. The van der Waals surface area contributed by atoms with Gasteiger partial charge in [0, 0.05) is 13.1 Å². The Morgan fingerprint density at radius 1 is 1.53 bits per heavy atom. The second kappa shape index (κ2) is 5.40. The summed E-state index contributed by atoms with van der Waals surface area (Å²) in [6.45, 7) is 0. The Hall–Kier alpha value is -1.89. The van der Waals surface area contributed by atoms with Crippen molar-refractivity contribution >= 4 is 11.6 Å². The number of carbonyl (C=O) groups is 1. The van der Waals surface area contributed by atoms with Gasteiger partial charge in [-0.05, 0) is 12.8 Å². The summed E-state index contributed by atoms with van der Waals surface area (Å²) >= 11 is 0. The van der Waals surface area contributed by atoms with Gasteiger partial charge in [-0.3, -0.25) is 14.9 Å². The van der Waals surface area contributed by atoms with Crippen molar-refractivity contribution in [3.05, 3.63) is 28.1 Å². The van der Waals surface area contributed by atoms with Crippen LogP contribution in [0, 0.1) is 10.1 Å². The van der Waals surface area contributed by atoms with Crippen molar-refractivity contribution in [2.45, 2.75) is 37.8 Å². The van der Waals surface area contributed by atoms with Gasteiger partial charge >= 0.3 is 0 Å². The number of aromatic nitrogens is 1. The molecule has 7 heteroatoms. The van der Waals surface area contributed by atoms with E-state index in [0.717, 1.165) is 19.3 Å². The first-order valence-electron chi connectivity index (χ1n) is 6.28. The van der Waals surface area contributed by atoms with Crippen molar-refractivity contribution in [1.29, 1.82) is 0 Å². The van der Waals surface area contributed by atoms with Gasteiger partial charge in [-0.15, -0.1) is 0 Å². The first-order chi connectivity index (χ1) is 8.99. The molecule has 2 unspecified atom stereocenters. The molecular weight excluding hydrogens is 250 g/mol. The molecule has 0 aromatic carbocycles. The number of amides is 1. The van der Waals surface area contributed by atoms with Gasteiger partial charge in [0.2, 0.25) is 0 Å². The molecule has 1 heterocycles. The Morgan fingerprint density at radius 3 is 2.79 bits per heavy atom. The molecule has 104 valence electrons. The lowest BCUT2D eigenvalue weighted by atomic mass is 9.92. The number of aryl methyl sites for hydroxylation is 1. The minimum atomic E-state index is -0.535. The maximum Gasteiger partial charge on any atom is 0.287 e. The van der Waals surface area contributed by atoms with E-state index in [2.05, 4.69) is 5.32 Å². The van der Waals surface area contributed by atoms with Crippen molar-refractivity contribution < 1.29 is 14.8 Å². The Bertz CT molecular complexity index is 497. The second-order valence-electron chi connectivity index (χ2n) is 4.88. The average molecular weight is 267 g/mol. The van der Waals surface area contributed by atoms with Gasteiger partial charge in [-0.2, -0.15) is 0 Å². The highest BCUT2D eigenvalue weighted by atomic mass is 16.6. The zero-order valence-electron chi connectivity index (χ0n) is 10.7. The van der Waals surface area contributed by atoms with E-state index < -0.39 is 11.0 Å². The number of aliphatic hydroxyl groups excluding tert-OH is 1. The molecule has 0 saturated heterocycles. The van der Waals surface area contributed by atoms with Crippen molar-refractivity contribution in [1.82, 2.24) is 9.88 Å². The molecule has 7 nitrogen and oxygen atoms in total. The summed E-state index contributed by atoms with van der Waals surface area (Å²) in [4.78, 5) is 22.2. The Balaban J connectivity index is 2.09. The molecule has 2 atom stereocenters. The van der Waals surface area contributed by atoms with Crippen LogP contribution in [0.2, 0.25) is 0 Å². The number of nitro groups is 1.